The SMILES string of the molecule is CCCCC[C@H](O)/C=C/[C@@]1(F)[C@H](O)C[C@H](O)[C@@H]1C/C=C\CCCC(=O)O. The molecule has 1 aliphatic rings. The quantitative estimate of drug-likeness (QED) is 0.312. The molecule has 1 saturated carbocycles. The normalized spacial score (nSPS) is 30.4. The van der Waals surface area contributed by atoms with Gasteiger partial charge in [0.05, 0.1) is 18.3 Å². The van der Waals surface area contributed by atoms with Crippen LogP contribution in [0.3, 0.4) is 0 Å². The van der Waals surface area contributed by atoms with Crippen LogP contribution < -0.4 is 0 Å². The number of allylic oxidation sites excluding steroid dienone is 2. The molecule has 0 aromatic carbocycles. The van der Waals surface area contributed by atoms with Gasteiger partial charge in [0.25, 0.3) is 0 Å². The van der Waals surface area contributed by atoms with Crippen molar-refractivity contribution in [2.75, 3.05) is 0 Å². The Hall–Kier alpha value is -1.24. The second kappa shape index (κ2) is 11.5. The van der Waals surface area contributed by atoms with E-state index in [2.05, 4.69) is 6.92 Å². The molecule has 150 valence electrons. The number of unbranched alkanes of at least 4 members (excludes halogenated alkanes) is 3. The van der Waals surface area contributed by atoms with Gasteiger partial charge in [-0.2, -0.15) is 0 Å². The van der Waals surface area contributed by atoms with Crippen LogP contribution in [-0.4, -0.2) is 50.4 Å². The lowest BCUT2D eigenvalue weighted by Crippen LogP contribution is -2.38. The smallest absolute Gasteiger partial charge is 0.303 e. The summed E-state index contributed by atoms with van der Waals surface area (Å²) < 4.78 is 15.3. The minimum atomic E-state index is -2.07. The molecule has 5 nitrogen and oxygen atoms in total. The van der Waals surface area contributed by atoms with Gasteiger partial charge in [-0.3, -0.25) is 4.79 Å². The van der Waals surface area contributed by atoms with Crippen molar-refractivity contribution in [2.45, 2.75) is 88.7 Å². The molecular formula is C20H33FO5. The van der Waals surface area contributed by atoms with E-state index in [1.165, 1.54) is 12.2 Å². The summed E-state index contributed by atoms with van der Waals surface area (Å²) in [4.78, 5) is 10.5. The van der Waals surface area contributed by atoms with Crippen molar-refractivity contribution >= 4 is 5.97 Å². The van der Waals surface area contributed by atoms with Crippen LogP contribution in [0.1, 0.15) is 64.7 Å². The third-order valence-corrected chi connectivity index (χ3v) is 5.00. The monoisotopic (exact) mass is 372 g/mol. The van der Waals surface area contributed by atoms with Crippen molar-refractivity contribution in [2.24, 2.45) is 5.92 Å². The van der Waals surface area contributed by atoms with Gasteiger partial charge in [0, 0.05) is 18.8 Å². The van der Waals surface area contributed by atoms with E-state index in [9.17, 15) is 20.1 Å². The Labute approximate surface area is 155 Å². The molecule has 0 aromatic heterocycles. The fourth-order valence-electron chi connectivity index (χ4n) is 3.38. The molecule has 1 fully saturated rings. The molecule has 0 saturated heterocycles. The standard InChI is InChI=1S/C20H33FO5/c1-2-3-6-9-15(22)12-13-20(21)16(17(23)14-18(20)24)10-7-4-5-8-11-19(25)26/h4,7,12-13,15-18,22-24H,2-3,5-6,8-11,14H2,1H3,(H,25,26)/b7-4-,13-12+/t15-,16-,17-,18+,20-/m0/s1. The second-order valence-electron chi connectivity index (χ2n) is 7.17. The molecule has 0 bridgehead atoms. The Morgan fingerprint density at radius 2 is 2.00 bits per heavy atom. The third-order valence-electron chi connectivity index (χ3n) is 5.00. The number of alkyl halides is 1. The van der Waals surface area contributed by atoms with Crippen molar-refractivity contribution in [3.05, 3.63) is 24.3 Å². The van der Waals surface area contributed by atoms with Crippen molar-refractivity contribution in [1.82, 2.24) is 0 Å². The average molecular weight is 372 g/mol. The lowest BCUT2D eigenvalue weighted by Gasteiger charge is -2.27. The number of rotatable bonds is 12. The van der Waals surface area contributed by atoms with E-state index in [1.54, 1.807) is 12.2 Å². The zero-order valence-corrected chi connectivity index (χ0v) is 15.6. The van der Waals surface area contributed by atoms with Crippen LogP contribution in [-0.2, 0) is 4.79 Å². The first-order chi connectivity index (χ1) is 12.3. The number of aliphatic hydroxyl groups is 3. The highest BCUT2D eigenvalue weighted by atomic mass is 19.1. The Kier molecular flexibility index (Phi) is 10.1. The maximum Gasteiger partial charge on any atom is 0.303 e. The molecule has 0 amide bonds. The van der Waals surface area contributed by atoms with Crippen LogP contribution in [0.25, 0.3) is 0 Å². The second-order valence-corrected chi connectivity index (χ2v) is 7.17. The molecular weight excluding hydrogens is 339 g/mol. The fraction of sp³-hybridized carbons (Fsp3) is 0.750. The Bertz CT molecular complexity index is 479. The molecule has 4 N–H and O–H groups in total. The molecule has 1 aliphatic carbocycles. The summed E-state index contributed by atoms with van der Waals surface area (Å²) >= 11 is 0. The van der Waals surface area contributed by atoms with E-state index in [0.29, 0.717) is 19.3 Å². The Morgan fingerprint density at radius 3 is 2.65 bits per heavy atom. The molecule has 6 heteroatoms. The number of carbonyl (C=O) groups is 1. The fourth-order valence-corrected chi connectivity index (χ4v) is 3.38. The molecule has 0 radical (unpaired) electrons. The molecule has 0 aromatic rings. The lowest BCUT2D eigenvalue weighted by molar-refractivity contribution is -0.137. The van der Waals surface area contributed by atoms with Gasteiger partial charge in [-0.15, -0.1) is 0 Å². The minimum absolute atomic E-state index is 0.0374. The Balaban J connectivity index is 2.61. The van der Waals surface area contributed by atoms with E-state index in [0.717, 1.165) is 19.3 Å². The van der Waals surface area contributed by atoms with Gasteiger partial charge in [-0.1, -0.05) is 44.4 Å². The molecule has 1 rings (SSSR count). The van der Waals surface area contributed by atoms with E-state index in [1.807, 2.05) is 0 Å². The summed E-state index contributed by atoms with van der Waals surface area (Å²) in [5, 5.41) is 38.7. The highest BCUT2D eigenvalue weighted by Gasteiger charge is 2.53. The topological polar surface area (TPSA) is 98.0 Å². The molecule has 0 aliphatic heterocycles. The van der Waals surface area contributed by atoms with Crippen molar-refractivity contribution in [1.29, 1.82) is 0 Å². The first-order valence-corrected chi connectivity index (χ1v) is 9.60. The molecule has 0 spiro atoms. The largest absolute Gasteiger partial charge is 0.481 e. The van der Waals surface area contributed by atoms with Gasteiger partial charge in [-0.25, -0.2) is 4.39 Å². The molecule has 5 atom stereocenters. The van der Waals surface area contributed by atoms with Crippen LogP contribution in [0.15, 0.2) is 24.3 Å². The average Bonchev–Trinajstić information content (AvgIpc) is 2.79. The van der Waals surface area contributed by atoms with E-state index in [4.69, 9.17) is 5.11 Å². The van der Waals surface area contributed by atoms with Crippen LogP contribution in [0.2, 0.25) is 0 Å². The summed E-state index contributed by atoms with van der Waals surface area (Å²) in [6, 6.07) is 0. The zero-order chi connectivity index (χ0) is 19.6. The van der Waals surface area contributed by atoms with Crippen LogP contribution >= 0.6 is 0 Å². The first-order valence-electron chi connectivity index (χ1n) is 9.60. The molecule has 26 heavy (non-hydrogen) atoms. The lowest BCUT2D eigenvalue weighted by atomic mass is 9.86. The van der Waals surface area contributed by atoms with E-state index < -0.39 is 35.9 Å². The highest BCUT2D eigenvalue weighted by Crippen LogP contribution is 2.43. The van der Waals surface area contributed by atoms with E-state index in [-0.39, 0.29) is 19.3 Å². The predicted octanol–water partition coefficient (Wildman–Crippen LogP) is 3.14. The number of carboxylic acid groups (broad SMARTS) is 1. The zero-order valence-electron chi connectivity index (χ0n) is 15.6. The number of hydrogen-bond donors (Lipinski definition) is 4. The Morgan fingerprint density at radius 1 is 1.27 bits per heavy atom. The molecule has 0 heterocycles. The van der Waals surface area contributed by atoms with Gasteiger partial charge in [0.2, 0.25) is 0 Å². The first kappa shape index (κ1) is 22.8. The maximum atomic E-state index is 15.3. The van der Waals surface area contributed by atoms with Gasteiger partial charge in [0.15, 0.2) is 5.67 Å². The number of halogens is 1. The summed E-state index contributed by atoms with van der Waals surface area (Å²) in [7, 11) is 0. The van der Waals surface area contributed by atoms with Gasteiger partial charge < -0.3 is 20.4 Å². The number of aliphatic carboxylic acids is 1. The van der Waals surface area contributed by atoms with Crippen molar-refractivity contribution in [3.63, 3.8) is 0 Å². The van der Waals surface area contributed by atoms with Crippen LogP contribution in [0.5, 0.6) is 0 Å². The van der Waals surface area contributed by atoms with E-state index >= 15 is 4.39 Å². The van der Waals surface area contributed by atoms with Crippen LogP contribution in [0.4, 0.5) is 4.39 Å². The number of hydrogen-bond acceptors (Lipinski definition) is 4. The van der Waals surface area contributed by atoms with Crippen molar-refractivity contribution < 1.29 is 29.6 Å². The third kappa shape index (κ3) is 7.17. The van der Waals surface area contributed by atoms with Crippen LogP contribution in [0, 0.1) is 5.92 Å². The van der Waals surface area contributed by atoms with Gasteiger partial charge in [-0.05, 0) is 31.8 Å². The summed E-state index contributed by atoms with van der Waals surface area (Å²) in [6.45, 7) is 2.06. The highest BCUT2D eigenvalue weighted by molar-refractivity contribution is 5.66. The summed E-state index contributed by atoms with van der Waals surface area (Å²) in [5.41, 5.74) is -2.07. The molecule has 0 unspecified atom stereocenters. The van der Waals surface area contributed by atoms with Gasteiger partial charge >= 0.3 is 5.97 Å². The number of carboxylic acids is 1. The van der Waals surface area contributed by atoms with Crippen molar-refractivity contribution in [3.8, 4) is 0 Å². The van der Waals surface area contributed by atoms with Gasteiger partial charge in [0.1, 0.15) is 0 Å². The maximum absolute atomic E-state index is 15.3. The summed E-state index contributed by atoms with van der Waals surface area (Å²) in [6.07, 6.45) is 7.91. The number of aliphatic hydroxyl groups excluding tert-OH is 3. The summed E-state index contributed by atoms with van der Waals surface area (Å²) in [5.74, 6) is -1.63. The predicted molar refractivity (Wildman–Crippen MR) is 98.5 cm³/mol. The minimum Gasteiger partial charge on any atom is -0.481 e.